The molecule has 1 fully saturated rings. The van der Waals surface area contributed by atoms with Gasteiger partial charge < -0.3 is 14.4 Å². The first-order valence-corrected chi connectivity index (χ1v) is 15.4. The van der Waals surface area contributed by atoms with E-state index in [0.29, 0.717) is 11.6 Å². The van der Waals surface area contributed by atoms with Gasteiger partial charge in [0.1, 0.15) is 12.1 Å². The lowest BCUT2D eigenvalue weighted by Gasteiger charge is -2.24. The van der Waals surface area contributed by atoms with E-state index in [-0.39, 0.29) is 18.1 Å². The highest BCUT2D eigenvalue weighted by Gasteiger charge is 2.27. The summed E-state index contributed by atoms with van der Waals surface area (Å²) in [5, 5.41) is 11.7. The molecule has 1 N–H and O–H groups in total. The number of nitrogens with zero attached hydrogens (tertiary/aromatic N) is 3. The number of pyridine rings is 1. The summed E-state index contributed by atoms with van der Waals surface area (Å²) in [6.45, 7) is 11.1. The molecule has 8 heteroatoms. The van der Waals surface area contributed by atoms with Crippen LogP contribution >= 0.6 is 11.3 Å². The molecule has 0 saturated heterocycles. The van der Waals surface area contributed by atoms with Crippen molar-refractivity contribution in [2.45, 2.75) is 91.7 Å². The highest BCUT2D eigenvalue weighted by atomic mass is 32.1. The number of hydrogen-bond donors (Lipinski definition) is 1. The lowest BCUT2D eigenvalue weighted by atomic mass is 9.83. The average Bonchev–Trinajstić information content (AvgIpc) is 3.45. The van der Waals surface area contributed by atoms with Crippen molar-refractivity contribution in [1.29, 1.82) is 0 Å². The second-order valence-electron chi connectivity index (χ2n) is 12.3. The van der Waals surface area contributed by atoms with E-state index >= 15 is 0 Å². The standard InChI is InChI=1S/C34H39N3O4S/c1-20(33(39)40)16-26-18-27(23-10-8-7-9-11-23)31(37(26)19-30(38)41-34(4,5)6)25-13-14-28-24(17-25)12-15-29(36-28)32-21(2)35-22(3)42-32/h12-18,23H,7-11,19H2,1-6H3,(H,39,40). The third-order valence-corrected chi connectivity index (χ3v) is 8.81. The molecule has 0 aliphatic heterocycles. The van der Waals surface area contributed by atoms with Gasteiger partial charge in [-0.25, -0.2) is 14.8 Å². The summed E-state index contributed by atoms with van der Waals surface area (Å²) in [6, 6.07) is 12.4. The average molecular weight is 586 g/mol. The fraction of sp³-hybridized carbons (Fsp3) is 0.412. The number of rotatable bonds is 7. The molecule has 4 aromatic rings. The number of carbonyl (C=O) groups excluding carboxylic acids is 1. The van der Waals surface area contributed by atoms with Crippen molar-refractivity contribution in [3.05, 3.63) is 63.9 Å². The van der Waals surface area contributed by atoms with Crippen LogP contribution in [0.5, 0.6) is 0 Å². The zero-order valence-electron chi connectivity index (χ0n) is 25.3. The highest BCUT2D eigenvalue weighted by Crippen LogP contribution is 2.41. The van der Waals surface area contributed by atoms with Crippen molar-refractivity contribution in [2.75, 3.05) is 0 Å². The molecule has 1 aliphatic rings. The second kappa shape index (κ2) is 11.8. The van der Waals surface area contributed by atoms with Crippen LogP contribution in [-0.4, -0.2) is 37.2 Å². The number of carbonyl (C=O) groups is 2. The summed E-state index contributed by atoms with van der Waals surface area (Å²) in [7, 11) is 0. The predicted octanol–water partition coefficient (Wildman–Crippen LogP) is 8.32. The van der Waals surface area contributed by atoms with Gasteiger partial charge in [0.05, 0.1) is 32.5 Å². The minimum atomic E-state index is -0.986. The van der Waals surface area contributed by atoms with Crippen LogP contribution in [-0.2, 0) is 20.9 Å². The predicted molar refractivity (Wildman–Crippen MR) is 169 cm³/mol. The first kappa shape index (κ1) is 29.7. The van der Waals surface area contributed by atoms with Gasteiger partial charge >= 0.3 is 11.9 Å². The van der Waals surface area contributed by atoms with Gasteiger partial charge in [0.25, 0.3) is 0 Å². The number of aryl methyl sites for hydroxylation is 2. The Morgan fingerprint density at radius 3 is 2.45 bits per heavy atom. The maximum absolute atomic E-state index is 13.2. The summed E-state index contributed by atoms with van der Waals surface area (Å²) in [5.74, 6) is -1.01. The van der Waals surface area contributed by atoms with Gasteiger partial charge in [-0.1, -0.05) is 31.4 Å². The summed E-state index contributed by atoms with van der Waals surface area (Å²) >= 11 is 1.65. The molecule has 0 amide bonds. The third-order valence-electron chi connectivity index (χ3n) is 7.71. The van der Waals surface area contributed by atoms with Gasteiger partial charge in [-0.3, -0.25) is 4.79 Å². The summed E-state index contributed by atoms with van der Waals surface area (Å²) in [4.78, 5) is 35.6. The molecular weight excluding hydrogens is 546 g/mol. The van der Waals surface area contributed by atoms with Crippen LogP contribution in [0.25, 0.3) is 38.8 Å². The van der Waals surface area contributed by atoms with E-state index in [1.807, 2.05) is 51.3 Å². The first-order chi connectivity index (χ1) is 19.9. The number of aromatic nitrogens is 3. The molecule has 1 aliphatic carbocycles. The molecule has 0 atom stereocenters. The molecule has 220 valence electrons. The minimum absolute atomic E-state index is 0.0166. The topological polar surface area (TPSA) is 94.3 Å². The Morgan fingerprint density at radius 2 is 1.81 bits per heavy atom. The van der Waals surface area contributed by atoms with E-state index in [9.17, 15) is 14.7 Å². The normalized spacial score (nSPS) is 14.9. The van der Waals surface area contributed by atoms with Crippen LogP contribution in [0.1, 0.15) is 87.7 Å². The van der Waals surface area contributed by atoms with Gasteiger partial charge in [-0.05, 0) is 102 Å². The molecule has 1 aromatic carbocycles. The smallest absolute Gasteiger partial charge is 0.331 e. The number of carboxylic acids is 1. The van der Waals surface area contributed by atoms with Gasteiger partial charge in [0.15, 0.2) is 0 Å². The second-order valence-corrected chi connectivity index (χ2v) is 13.5. The molecule has 7 nitrogen and oxygen atoms in total. The van der Waals surface area contributed by atoms with Crippen LogP contribution in [0.2, 0.25) is 0 Å². The van der Waals surface area contributed by atoms with E-state index in [0.717, 1.165) is 74.7 Å². The Kier molecular flexibility index (Phi) is 8.37. The summed E-state index contributed by atoms with van der Waals surface area (Å²) in [6.07, 6.45) is 7.32. The van der Waals surface area contributed by atoms with Crippen molar-refractivity contribution >= 4 is 40.3 Å². The quantitative estimate of drug-likeness (QED) is 0.173. The Hall–Kier alpha value is -3.78. The molecule has 5 rings (SSSR count). The lowest BCUT2D eigenvalue weighted by Crippen LogP contribution is -2.27. The van der Waals surface area contributed by atoms with Crippen molar-refractivity contribution in [3.8, 4) is 21.8 Å². The van der Waals surface area contributed by atoms with Crippen LogP contribution in [0.3, 0.4) is 0 Å². The summed E-state index contributed by atoms with van der Waals surface area (Å²) in [5.41, 5.74) is 6.11. The fourth-order valence-electron chi connectivity index (χ4n) is 5.88. The van der Waals surface area contributed by atoms with E-state index in [4.69, 9.17) is 9.72 Å². The third kappa shape index (κ3) is 6.49. The molecule has 3 heterocycles. The molecule has 0 bridgehead atoms. The van der Waals surface area contributed by atoms with Crippen molar-refractivity contribution < 1.29 is 19.4 Å². The van der Waals surface area contributed by atoms with E-state index in [1.54, 1.807) is 24.3 Å². The largest absolute Gasteiger partial charge is 0.478 e. The molecule has 42 heavy (non-hydrogen) atoms. The van der Waals surface area contributed by atoms with Crippen molar-refractivity contribution in [3.63, 3.8) is 0 Å². The van der Waals surface area contributed by atoms with Gasteiger partial charge in [-0.2, -0.15) is 0 Å². The number of aliphatic carboxylic acids is 1. The Balaban J connectivity index is 1.67. The van der Waals surface area contributed by atoms with Gasteiger partial charge in [0.2, 0.25) is 0 Å². The van der Waals surface area contributed by atoms with E-state index in [1.165, 1.54) is 6.42 Å². The van der Waals surface area contributed by atoms with Gasteiger partial charge in [-0.15, -0.1) is 11.3 Å². The molecule has 3 aromatic heterocycles. The first-order valence-electron chi connectivity index (χ1n) is 14.6. The Morgan fingerprint density at radius 1 is 1.07 bits per heavy atom. The Labute approximate surface area is 251 Å². The maximum atomic E-state index is 13.2. The van der Waals surface area contributed by atoms with E-state index in [2.05, 4.69) is 29.2 Å². The number of benzene rings is 1. The monoisotopic (exact) mass is 585 g/mol. The number of thiazole rings is 1. The van der Waals surface area contributed by atoms with Gasteiger partial charge in [0, 0.05) is 16.7 Å². The van der Waals surface area contributed by atoms with Crippen molar-refractivity contribution in [2.24, 2.45) is 0 Å². The Bertz CT molecular complexity index is 1680. The zero-order chi connectivity index (χ0) is 30.2. The SMILES string of the molecule is CC(=Cc1cc(C2CCCCC2)c(-c2ccc3nc(-c4sc(C)nc4C)ccc3c2)n1CC(=O)OC(C)(C)C)C(=O)O. The molecular formula is C34H39N3O4S. The number of carboxylic acid groups (broad SMARTS) is 1. The van der Waals surface area contributed by atoms with Crippen LogP contribution in [0, 0.1) is 13.8 Å². The molecule has 0 radical (unpaired) electrons. The van der Waals surface area contributed by atoms with Crippen LogP contribution in [0.15, 0.2) is 42.0 Å². The molecule has 1 saturated carbocycles. The fourth-order valence-corrected chi connectivity index (χ4v) is 6.77. The number of ether oxygens (including phenoxy) is 1. The number of fused-ring (bicyclic) bond motifs is 1. The van der Waals surface area contributed by atoms with Crippen LogP contribution in [0.4, 0.5) is 0 Å². The number of hydrogen-bond acceptors (Lipinski definition) is 6. The highest BCUT2D eigenvalue weighted by molar-refractivity contribution is 7.15. The maximum Gasteiger partial charge on any atom is 0.331 e. The minimum Gasteiger partial charge on any atom is -0.478 e. The molecule has 0 unspecified atom stereocenters. The molecule has 0 spiro atoms. The van der Waals surface area contributed by atoms with E-state index < -0.39 is 11.6 Å². The van der Waals surface area contributed by atoms with Crippen LogP contribution < -0.4 is 0 Å². The van der Waals surface area contributed by atoms with Crippen molar-refractivity contribution in [1.82, 2.24) is 14.5 Å². The summed E-state index contributed by atoms with van der Waals surface area (Å²) < 4.78 is 7.66. The lowest BCUT2D eigenvalue weighted by molar-refractivity contribution is -0.155. The zero-order valence-corrected chi connectivity index (χ0v) is 26.1. The number of esters is 1.